The van der Waals surface area contributed by atoms with E-state index in [1.807, 2.05) is 6.92 Å². The van der Waals surface area contributed by atoms with Crippen molar-refractivity contribution < 1.29 is 9.90 Å². The fourth-order valence-electron chi connectivity index (χ4n) is 1.50. The van der Waals surface area contributed by atoms with Gasteiger partial charge in [0, 0.05) is 13.1 Å². The number of hydrogen-bond acceptors (Lipinski definition) is 4. The summed E-state index contributed by atoms with van der Waals surface area (Å²) in [7, 11) is 1.76. The van der Waals surface area contributed by atoms with Gasteiger partial charge in [0.1, 0.15) is 0 Å². The maximum atomic E-state index is 11.3. The summed E-state index contributed by atoms with van der Waals surface area (Å²) < 4.78 is 0. The van der Waals surface area contributed by atoms with Crippen LogP contribution in [0.1, 0.15) is 17.3 Å². The summed E-state index contributed by atoms with van der Waals surface area (Å²) in [5.74, 6) is -0.528. The van der Waals surface area contributed by atoms with Crippen molar-refractivity contribution in [3.63, 3.8) is 0 Å². The first-order chi connectivity index (χ1) is 7.49. The van der Waals surface area contributed by atoms with Crippen LogP contribution in [0.25, 0.3) is 0 Å². The highest BCUT2D eigenvalue weighted by atomic mass is 16.3. The third kappa shape index (κ3) is 2.25. The van der Waals surface area contributed by atoms with E-state index in [0.29, 0.717) is 16.9 Å². The number of anilines is 2. The molecule has 1 aromatic rings. The highest BCUT2D eigenvalue weighted by molar-refractivity contribution is 6.01. The van der Waals surface area contributed by atoms with E-state index >= 15 is 0 Å². The molecule has 0 aliphatic carbocycles. The van der Waals surface area contributed by atoms with Crippen molar-refractivity contribution in [2.24, 2.45) is 5.73 Å². The first-order valence-electron chi connectivity index (χ1n) is 5.01. The molecule has 0 heterocycles. The number of likely N-dealkylation sites (N-methyl/N-ethyl adjacent to an activating group) is 1. The van der Waals surface area contributed by atoms with Crippen molar-refractivity contribution in [3.8, 4) is 0 Å². The van der Waals surface area contributed by atoms with Gasteiger partial charge in [-0.15, -0.1) is 0 Å². The lowest BCUT2D eigenvalue weighted by atomic mass is 10.1. The summed E-state index contributed by atoms with van der Waals surface area (Å²) >= 11 is 0. The Balaban J connectivity index is 3.24. The Labute approximate surface area is 94.7 Å². The van der Waals surface area contributed by atoms with Gasteiger partial charge in [-0.3, -0.25) is 4.79 Å². The van der Waals surface area contributed by atoms with Gasteiger partial charge < -0.3 is 21.5 Å². The zero-order chi connectivity index (χ0) is 12.3. The van der Waals surface area contributed by atoms with Crippen LogP contribution in [0.4, 0.5) is 11.4 Å². The molecule has 0 aliphatic rings. The standard InChI is InChI=1S/C11H17N3O2/c1-7(6-15)14(2)10-8(11(13)16)4-3-5-9(10)12/h3-5,7,15H,6,12H2,1-2H3,(H2,13,16). The number of carbonyl (C=O) groups is 1. The smallest absolute Gasteiger partial charge is 0.250 e. The molecule has 16 heavy (non-hydrogen) atoms. The number of benzene rings is 1. The number of nitrogen functional groups attached to an aromatic ring is 1. The second-order valence-corrected chi connectivity index (χ2v) is 3.75. The average Bonchev–Trinajstić information content (AvgIpc) is 2.26. The lowest BCUT2D eigenvalue weighted by Gasteiger charge is -2.28. The van der Waals surface area contributed by atoms with E-state index in [0.717, 1.165) is 0 Å². The van der Waals surface area contributed by atoms with E-state index in [4.69, 9.17) is 16.6 Å². The van der Waals surface area contributed by atoms with Gasteiger partial charge in [-0.05, 0) is 19.1 Å². The Hall–Kier alpha value is -1.75. The first-order valence-corrected chi connectivity index (χ1v) is 5.01. The van der Waals surface area contributed by atoms with Gasteiger partial charge in [-0.2, -0.15) is 0 Å². The van der Waals surface area contributed by atoms with Crippen molar-refractivity contribution in [2.45, 2.75) is 13.0 Å². The molecule has 0 radical (unpaired) electrons. The number of nitrogens with two attached hydrogens (primary N) is 2. The molecule has 0 saturated heterocycles. The molecule has 5 nitrogen and oxygen atoms in total. The number of rotatable bonds is 4. The zero-order valence-electron chi connectivity index (χ0n) is 9.47. The summed E-state index contributed by atoms with van der Waals surface area (Å²) in [5.41, 5.74) is 12.5. The Morgan fingerprint density at radius 2 is 2.19 bits per heavy atom. The van der Waals surface area contributed by atoms with Crippen LogP contribution in [0.15, 0.2) is 18.2 Å². The third-order valence-electron chi connectivity index (χ3n) is 2.61. The van der Waals surface area contributed by atoms with Crippen LogP contribution in [0.3, 0.4) is 0 Å². The van der Waals surface area contributed by atoms with Crippen LogP contribution in [-0.4, -0.2) is 30.7 Å². The topological polar surface area (TPSA) is 92.6 Å². The summed E-state index contributed by atoms with van der Waals surface area (Å²) in [6.45, 7) is 1.81. The fourth-order valence-corrected chi connectivity index (χ4v) is 1.50. The summed E-state index contributed by atoms with van der Waals surface area (Å²) in [4.78, 5) is 13.0. The van der Waals surface area contributed by atoms with Gasteiger partial charge in [-0.1, -0.05) is 6.07 Å². The second-order valence-electron chi connectivity index (χ2n) is 3.75. The fraction of sp³-hybridized carbons (Fsp3) is 0.364. The molecule has 0 aromatic heterocycles. The number of amides is 1. The summed E-state index contributed by atoms with van der Waals surface area (Å²) in [6, 6.07) is 4.86. The molecular formula is C11H17N3O2. The van der Waals surface area contributed by atoms with Crippen LogP contribution in [0.5, 0.6) is 0 Å². The quantitative estimate of drug-likeness (QED) is 0.635. The Bertz CT molecular complexity index is 393. The van der Waals surface area contributed by atoms with Crippen LogP contribution in [0.2, 0.25) is 0 Å². The van der Waals surface area contributed by atoms with Gasteiger partial charge in [0.25, 0.3) is 5.91 Å². The summed E-state index contributed by atoms with van der Waals surface area (Å²) in [5, 5.41) is 9.09. The van der Waals surface area contributed by atoms with Crippen LogP contribution in [-0.2, 0) is 0 Å². The lowest BCUT2D eigenvalue weighted by molar-refractivity contribution is 0.100. The Morgan fingerprint density at radius 3 is 2.69 bits per heavy atom. The van der Waals surface area contributed by atoms with Crippen molar-refractivity contribution in [3.05, 3.63) is 23.8 Å². The summed E-state index contributed by atoms with van der Waals surface area (Å²) in [6.07, 6.45) is 0. The van der Waals surface area contributed by atoms with Gasteiger partial charge >= 0.3 is 0 Å². The van der Waals surface area contributed by atoms with E-state index in [9.17, 15) is 4.79 Å². The SMILES string of the molecule is CC(CO)N(C)c1c(N)cccc1C(N)=O. The predicted molar refractivity (Wildman–Crippen MR) is 64.3 cm³/mol. The van der Waals surface area contributed by atoms with Crippen molar-refractivity contribution in [1.82, 2.24) is 0 Å². The predicted octanol–water partition coefficient (Wildman–Crippen LogP) is 0.185. The molecule has 0 saturated carbocycles. The normalized spacial score (nSPS) is 12.2. The highest BCUT2D eigenvalue weighted by Gasteiger charge is 2.18. The van der Waals surface area contributed by atoms with Crippen LogP contribution in [0, 0.1) is 0 Å². The third-order valence-corrected chi connectivity index (χ3v) is 2.61. The molecule has 5 heteroatoms. The van der Waals surface area contributed by atoms with Crippen molar-refractivity contribution in [2.75, 3.05) is 24.3 Å². The molecule has 0 fully saturated rings. The molecule has 88 valence electrons. The molecule has 0 bridgehead atoms. The van der Waals surface area contributed by atoms with E-state index in [-0.39, 0.29) is 12.6 Å². The lowest BCUT2D eigenvalue weighted by Crippen LogP contribution is -2.34. The molecule has 1 atom stereocenters. The van der Waals surface area contributed by atoms with Crippen LogP contribution < -0.4 is 16.4 Å². The number of aliphatic hydroxyl groups excluding tert-OH is 1. The molecular weight excluding hydrogens is 206 g/mol. The number of carbonyl (C=O) groups excluding carboxylic acids is 1. The number of aliphatic hydroxyl groups is 1. The van der Waals surface area contributed by atoms with Gasteiger partial charge in [0.05, 0.1) is 23.5 Å². The van der Waals surface area contributed by atoms with Crippen molar-refractivity contribution >= 4 is 17.3 Å². The average molecular weight is 223 g/mol. The van der Waals surface area contributed by atoms with E-state index in [2.05, 4.69) is 0 Å². The Kier molecular flexibility index (Phi) is 3.73. The maximum Gasteiger partial charge on any atom is 0.250 e. The number of para-hydroxylation sites is 1. The zero-order valence-corrected chi connectivity index (χ0v) is 9.47. The number of primary amides is 1. The minimum absolute atomic E-state index is 0.0248. The van der Waals surface area contributed by atoms with Crippen molar-refractivity contribution in [1.29, 1.82) is 0 Å². The van der Waals surface area contributed by atoms with Gasteiger partial charge in [0.15, 0.2) is 0 Å². The number of nitrogens with zero attached hydrogens (tertiary/aromatic N) is 1. The first kappa shape index (κ1) is 12.3. The minimum atomic E-state index is -0.528. The minimum Gasteiger partial charge on any atom is -0.397 e. The monoisotopic (exact) mass is 223 g/mol. The maximum absolute atomic E-state index is 11.3. The molecule has 1 aromatic carbocycles. The number of hydrogen-bond donors (Lipinski definition) is 3. The second kappa shape index (κ2) is 4.85. The van der Waals surface area contributed by atoms with E-state index < -0.39 is 5.91 Å². The molecule has 1 amide bonds. The highest BCUT2D eigenvalue weighted by Crippen LogP contribution is 2.27. The van der Waals surface area contributed by atoms with E-state index in [1.165, 1.54) is 0 Å². The largest absolute Gasteiger partial charge is 0.397 e. The van der Waals surface area contributed by atoms with E-state index in [1.54, 1.807) is 30.1 Å². The molecule has 1 unspecified atom stereocenters. The van der Waals surface area contributed by atoms with Crippen LogP contribution >= 0.6 is 0 Å². The Morgan fingerprint density at radius 1 is 1.56 bits per heavy atom. The molecule has 0 aliphatic heterocycles. The van der Waals surface area contributed by atoms with Gasteiger partial charge in [-0.25, -0.2) is 0 Å². The van der Waals surface area contributed by atoms with Gasteiger partial charge in [0.2, 0.25) is 0 Å². The molecule has 1 rings (SSSR count). The molecule has 5 N–H and O–H groups in total. The molecule has 0 spiro atoms.